The van der Waals surface area contributed by atoms with Crippen LogP contribution in [0, 0.1) is 93.7 Å². The molecule has 0 atom stereocenters. The summed E-state index contributed by atoms with van der Waals surface area (Å²) in [6.45, 7) is 55.5. The van der Waals surface area contributed by atoms with E-state index in [1.54, 1.807) is 49.9 Å². The molecule has 668 valence electrons. The van der Waals surface area contributed by atoms with Gasteiger partial charge < -0.3 is 24.5 Å². The molecular weight excluding hydrogens is 1760 g/mol. The molecule has 20 rings (SSSR count). The molecule has 4 amide bonds. The Kier molecular flexibility index (Phi) is 25.9. The Labute approximate surface area is 810 Å². The van der Waals surface area contributed by atoms with Crippen molar-refractivity contribution >= 4 is 201 Å². The fourth-order valence-electron chi connectivity index (χ4n) is 19.4. The van der Waals surface area contributed by atoms with Crippen LogP contribution in [-0.4, -0.2) is 82.7 Å². The summed E-state index contributed by atoms with van der Waals surface area (Å²) in [5, 5.41) is 11.6. The van der Waals surface area contributed by atoms with Crippen LogP contribution in [0.2, 0.25) is 0 Å². The van der Waals surface area contributed by atoms with E-state index in [9.17, 15) is 19.2 Å². The number of amides is 4. The summed E-state index contributed by atoms with van der Waals surface area (Å²) in [5.74, 6) is 0.603. The maximum absolute atomic E-state index is 13.6. The molecule has 5 heterocycles. The molecule has 0 radical (unpaired) electrons. The van der Waals surface area contributed by atoms with Crippen LogP contribution >= 0.6 is 61.1 Å². The number of carbonyl (C=O) groups excluding carboxylic acids is 4. The van der Waals surface area contributed by atoms with Crippen molar-refractivity contribution in [3.05, 3.63) is 350 Å². The second kappa shape index (κ2) is 37.4. The summed E-state index contributed by atoms with van der Waals surface area (Å²) in [5.41, 5.74) is 18.9. The molecule has 20 nitrogen and oxygen atoms in total. The topological polar surface area (TPSA) is 146 Å². The molecule has 0 aromatic heterocycles. The lowest BCUT2D eigenvalue weighted by Crippen LogP contribution is -2.55. The third-order valence-corrected chi connectivity index (χ3v) is 29.1. The van der Waals surface area contributed by atoms with Gasteiger partial charge in [-0.05, 0) is 361 Å². The Morgan fingerprint density at radius 2 is 0.485 bits per heavy atom. The molecule has 9 aliphatic rings. The minimum Gasteiger partial charge on any atom is -0.305 e. The highest BCUT2D eigenvalue weighted by atomic mass is 32.1. The summed E-state index contributed by atoms with van der Waals surface area (Å²) in [4.78, 5) is 89.7. The number of hydrogen-bond donors (Lipinski definition) is 1. The molecule has 4 spiro atoms. The molecule has 5 aliphatic heterocycles. The fourth-order valence-corrected chi connectivity index (χ4v) is 21.8. The Morgan fingerprint density at radius 1 is 0.261 bits per heavy atom. The summed E-state index contributed by atoms with van der Waals surface area (Å²) in [6, 6.07) is 80.3. The minimum atomic E-state index is -0.773. The number of aryl methyl sites for hydroxylation is 8. The van der Waals surface area contributed by atoms with E-state index >= 15 is 0 Å². The van der Waals surface area contributed by atoms with Gasteiger partial charge in [0, 0.05) is 56.9 Å². The number of hydrogen-bond acceptors (Lipinski definition) is 10. The van der Waals surface area contributed by atoms with Gasteiger partial charge in [0.1, 0.15) is 33.5 Å². The van der Waals surface area contributed by atoms with Crippen LogP contribution in [0.1, 0.15) is 142 Å². The Bertz CT molecular complexity index is 6710. The molecule has 5 saturated heterocycles. The number of benzene rings is 11. The number of rotatable bonds is 11. The predicted molar refractivity (Wildman–Crippen MR) is 560 cm³/mol. The normalized spacial score (nSPS) is 17.6. The van der Waals surface area contributed by atoms with Crippen LogP contribution in [0.25, 0.3) is 35.4 Å². The number of thiocarbonyl (C=S) groups is 5. The second-order valence-electron chi connectivity index (χ2n) is 36.0. The van der Waals surface area contributed by atoms with Crippen LogP contribution in [0.15, 0.2) is 249 Å². The summed E-state index contributed by atoms with van der Waals surface area (Å²) in [6.07, 6.45) is 11.9. The van der Waals surface area contributed by atoms with Crippen molar-refractivity contribution < 1.29 is 19.2 Å². The Balaban J connectivity index is 0.000000122. The minimum absolute atomic E-state index is 0.0332. The van der Waals surface area contributed by atoms with Gasteiger partial charge >= 0.3 is 0 Å². The number of nitrogens with one attached hydrogen (secondary N) is 1. The number of nitrogens with zero attached hydrogens (tertiary/aromatic N) is 15. The van der Waals surface area contributed by atoms with Crippen LogP contribution in [0.5, 0.6) is 0 Å². The van der Waals surface area contributed by atoms with Crippen molar-refractivity contribution in [2.24, 2.45) is 0 Å². The van der Waals surface area contributed by atoms with Gasteiger partial charge in [0.25, 0.3) is 23.6 Å². The van der Waals surface area contributed by atoms with E-state index in [4.69, 9.17) is 99.4 Å². The second-order valence-corrected chi connectivity index (χ2v) is 37.8. The molecule has 134 heavy (non-hydrogen) atoms. The Hall–Kier alpha value is -14.3. The SMILES string of the molecule is [C-]#[N+]c1ccc(N2C(=N)C3(CCC3)N(c3ccc(C)cc3)C2=S)cc1C.[C-]#[N+]c1ccc(N2C(=O)C(C)(C)N(c3ccccc3)C2=S)cc1C.[C-]#[N+]c1ccc(N2C(=O)C3(CCC3)N(c3ccc(-c4ccccc4)cc3)C2=S)cc1C.[C-]#[N+]c1ccc(N2C(=O)C3(CCC3)N(c3ccc(C)cc3)C2=S)cc1C.[C-]#[N+]c1ccc(N2C(=O)C3(CCCC3)N(c3ccc(C)cc3)C2=S)cc1C. The summed E-state index contributed by atoms with van der Waals surface area (Å²) in [7, 11) is 0. The van der Waals surface area contributed by atoms with Crippen LogP contribution < -0.4 is 49.0 Å². The van der Waals surface area contributed by atoms with E-state index < -0.39 is 22.2 Å². The maximum Gasteiger partial charge on any atom is 0.259 e. The Morgan fingerprint density at radius 3 is 0.761 bits per heavy atom. The van der Waals surface area contributed by atoms with Gasteiger partial charge in [-0.15, -0.1) is 0 Å². The monoisotopic (exact) mass is 1850 g/mol. The molecule has 4 aliphatic carbocycles. The third-order valence-electron chi connectivity index (χ3n) is 27.3. The van der Waals surface area contributed by atoms with Gasteiger partial charge in [-0.25, -0.2) is 24.2 Å². The van der Waals surface area contributed by atoms with Gasteiger partial charge in [-0.2, -0.15) is 0 Å². The van der Waals surface area contributed by atoms with Crippen molar-refractivity contribution in [2.45, 2.75) is 180 Å². The highest BCUT2D eigenvalue weighted by molar-refractivity contribution is 7.82. The van der Waals surface area contributed by atoms with E-state index in [0.717, 1.165) is 174 Å². The summed E-state index contributed by atoms with van der Waals surface area (Å²) < 4.78 is 0. The van der Waals surface area contributed by atoms with E-state index in [2.05, 4.69) is 121 Å². The highest BCUT2D eigenvalue weighted by Gasteiger charge is 2.63. The van der Waals surface area contributed by atoms with Crippen molar-refractivity contribution in [1.82, 2.24) is 0 Å². The number of carbonyl (C=O) groups is 4. The molecule has 11 aromatic rings. The van der Waals surface area contributed by atoms with Gasteiger partial charge in [-0.1, -0.05) is 157 Å². The smallest absolute Gasteiger partial charge is 0.259 e. The van der Waals surface area contributed by atoms with E-state index in [1.807, 2.05) is 221 Å². The van der Waals surface area contributed by atoms with Gasteiger partial charge in [-0.3, -0.25) is 49.1 Å². The quantitative estimate of drug-likeness (QED) is 0.0967. The van der Waals surface area contributed by atoms with E-state index in [-0.39, 0.29) is 29.2 Å². The maximum atomic E-state index is 13.6. The first-order valence-corrected chi connectivity index (χ1v) is 46.7. The standard InChI is InChI=1S/C26H21N3OS.C22H21N3OS.C21H20N4S.C21H19N3OS.C19H17N3OS/c1-18-17-22(13-14-23(18)27-2)28-24(30)26(15-6-16-26)29(25(28)31)21-11-9-20(10-12-21)19-7-4-3-5-8-19;1-15-6-8-17(9-7-15)25-21(27)24(20(26)22(25)12-4-5-13-22)18-10-11-19(23-3)16(2)14-18;1-14-5-7-16(8-6-14)25-20(26)24(19(22)21(25)11-4-12-21)17-9-10-18(23-3)15(2)13-17;1-14-5-7-16(8-6-14)24-20(26)23(19(25)21(24)11-4-12-21)17-9-10-18(22-3)15(2)13-17;1-13-12-15(10-11-16(13)20-4)21-17(23)19(2,3)22(18(21)24)14-8-6-5-7-9-14/h3-5,7-14,17H,6,15-16H2,1H3;6-11,14H,4-5,12-13H2,1-2H3;5-10,13,22H,4,11-12H2,1-2H3;5-10,13H,4,11-12H2,1-2H3;5-12H,1-3H3. The number of para-hydroxylation sites is 1. The average Bonchev–Trinajstić information content (AvgIpc) is 1.56. The molecule has 9 fully saturated rings. The first-order valence-electron chi connectivity index (χ1n) is 44.7. The lowest BCUT2D eigenvalue weighted by molar-refractivity contribution is -0.124. The zero-order valence-corrected chi connectivity index (χ0v) is 80.3. The highest BCUT2D eigenvalue weighted by Crippen LogP contribution is 2.54. The largest absolute Gasteiger partial charge is 0.305 e. The van der Waals surface area contributed by atoms with Gasteiger partial charge in [0.2, 0.25) is 0 Å². The molecule has 4 saturated carbocycles. The van der Waals surface area contributed by atoms with Crippen LogP contribution in [0.3, 0.4) is 0 Å². The van der Waals surface area contributed by atoms with Crippen molar-refractivity contribution in [1.29, 1.82) is 5.41 Å². The first-order chi connectivity index (χ1) is 64.3. The predicted octanol–water partition coefficient (Wildman–Crippen LogP) is 26.3. The molecular formula is C109H98N16O4S5. The van der Waals surface area contributed by atoms with Crippen LogP contribution in [0.4, 0.5) is 85.3 Å². The lowest BCUT2D eigenvalue weighted by Gasteiger charge is -2.44. The van der Waals surface area contributed by atoms with Crippen molar-refractivity contribution in [3.8, 4) is 11.1 Å². The number of anilines is 10. The fraction of sp³-hybridized carbons (Fsp3) is 0.257. The molecule has 11 aromatic carbocycles. The zero-order valence-electron chi connectivity index (χ0n) is 76.2. The molecule has 1 N–H and O–H groups in total. The third kappa shape index (κ3) is 16.3. The van der Waals surface area contributed by atoms with Crippen LogP contribution in [-0.2, 0) is 19.2 Å². The lowest BCUT2D eigenvalue weighted by atomic mass is 9.75. The van der Waals surface area contributed by atoms with Gasteiger partial charge in [0.05, 0.1) is 32.9 Å². The molecule has 0 bridgehead atoms. The van der Waals surface area contributed by atoms with E-state index in [1.165, 1.54) is 16.7 Å². The number of amidine groups is 1. The molecule has 25 heteroatoms. The summed E-state index contributed by atoms with van der Waals surface area (Å²) >= 11 is 28.9. The van der Waals surface area contributed by atoms with Crippen molar-refractivity contribution in [2.75, 3.05) is 49.0 Å². The van der Waals surface area contributed by atoms with Gasteiger partial charge in [0.15, 0.2) is 54.0 Å². The average molecular weight is 1860 g/mol. The first kappa shape index (κ1) is 92.9. The zero-order chi connectivity index (χ0) is 95.2. The molecule has 0 unspecified atom stereocenters. The van der Waals surface area contributed by atoms with Crippen molar-refractivity contribution in [3.63, 3.8) is 0 Å². The van der Waals surface area contributed by atoms with E-state index in [0.29, 0.717) is 65.5 Å².